The molecule has 2 aromatic carbocycles. The lowest BCUT2D eigenvalue weighted by molar-refractivity contribution is 0.0895. The third-order valence-electron chi connectivity index (χ3n) is 4.61. The minimum absolute atomic E-state index is 0.0167. The molecule has 2 aliphatic rings. The van der Waals surface area contributed by atoms with E-state index in [1.54, 1.807) is 0 Å². The lowest BCUT2D eigenvalue weighted by atomic mass is 9.89. The molecule has 1 atom stereocenters. The van der Waals surface area contributed by atoms with Gasteiger partial charge in [-0.05, 0) is 43.5 Å². The van der Waals surface area contributed by atoms with Gasteiger partial charge in [0.15, 0.2) is 17.6 Å². The molecule has 0 aliphatic carbocycles. The van der Waals surface area contributed by atoms with Crippen LogP contribution in [0.1, 0.15) is 36.0 Å². The van der Waals surface area contributed by atoms with E-state index in [9.17, 15) is 0 Å². The number of ether oxygens (including phenoxy) is 2. The SMILES string of the molecule is c1ccc(C2COc3c(cccc3C3CCNCC3)O2)cc1. The highest BCUT2D eigenvalue weighted by Crippen LogP contribution is 2.43. The van der Waals surface area contributed by atoms with E-state index < -0.39 is 0 Å². The molecule has 114 valence electrons. The fourth-order valence-corrected chi connectivity index (χ4v) is 3.41. The minimum Gasteiger partial charge on any atom is -0.485 e. The molecule has 0 saturated carbocycles. The molecule has 0 radical (unpaired) electrons. The first-order valence-corrected chi connectivity index (χ1v) is 8.10. The van der Waals surface area contributed by atoms with Crippen LogP contribution in [-0.2, 0) is 0 Å². The zero-order valence-electron chi connectivity index (χ0n) is 12.6. The number of hydrogen-bond donors (Lipinski definition) is 1. The second-order valence-corrected chi connectivity index (χ2v) is 6.03. The van der Waals surface area contributed by atoms with Crippen LogP contribution in [0.3, 0.4) is 0 Å². The highest BCUT2D eigenvalue weighted by atomic mass is 16.6. The lowest BCUT2D eigenvalue weighted by Crippen LogP contribution is -2.28. The number of para-hydroxylation sites is 1. The monoisotopic (exact) mass is 295 g/mol. The first-order chi connectivity index (χ1) is 10.9. The first kappa shape index (κ1) is 13.6. The van der Waals surface area contributed by atoms with Crippen LogP contribution in [0.25, 0.3) is 0 Å². The van der Waals surface area contributed by atoms with E-state index in [2.05, 4.69) is 29.6 Å². The summed E-state index contributed by atoms with van der Waals surface area (Å²) in [7, 11) is 0. The number of fused-ring (bicyclic) bond motifs is 1. The molecule has 1 saturated heterocycles. The second-order valence-electron chi connectivity index (χ2n) is 6.03. The van der Waals surface area contributed by atoms with Crippen molar-refractivity contribution in [3.05, 3.63) is 59.7 Å². The average Bonchev–Trinajstić information content (AvgIpc) is 2.62. The van der Waals surface area contributed by atoms with Gasteiger partial charge in [0.05, 0.1) is 0 Å². The maximum absolute atomic E-state index is 6.21. The van der Waals surface area contributed by atoms with E-state index in [1.807, 2.05) is 24.3 Å². The van der Waals surface area contributed by atoms with Crippen LogP contribution in [0.4, 0.5) is 0 Å². The maximum Gasteiger partial charge on any atom is 0.164 e. The summed E-state index contributed by atoms with van der Waals surface area (Å²) in [5.74, 6) is 2.42. The Morgan fingerprint density at radius 1 is 0.909 bits per heavy atom. The Morgan fingerprint density at radius 2 is 1.73 bits per heavy atom. The van der Waals surface area contributed by atoms with Crippen molar-refractivity contribution in [1.29, 1.82) is 0 Å². The second kappa shape index (κ2) is 6.01. The number of rotatable bonds is 2. The Kier molecular flexibility index (Phi) is 3.73. The summed E-state index contributed by atoms with van der Waals surface area (Å²) >= 11 is 0. The van der Waals surface area contributed by atoms with E-state index in [1.165, 1.54) is 24.0 Å². The fourth-order valence-electron chi connectivity index (χ4n) is 3.41. The van der Waals surface area contributed by atoms with Gasteiger partial charge in [-0.3, -0.25) is 0 Å². The summed E-state index contributed by atoms with van der Waals surface area (Å²) in [4.78, 5) is 0. The molecule has 3 nitrogen and oxygen atoms in total. The van der Waals surface area contributed by atoms with E-state index in [0.29, 0.717) is 12.5 Å². The van der Waals surface area contributed by atoms with Gasteiger partial charge in [0.1, 0.15) is 6.61 Å². The molecule has 1 unspecified atom stereocenters. The van der Waals surface area contributed by atoms with Crippen molar-refractivity contribution in [3.63, 3.8) is 0 Å². The van der Waals surface area contributed by atoms with Crippen molar-refractivity contribution in [2.24, 2.45) is 0 Å². The van der Waals surface area contributed by atoms with E-state index in [-0.39, 0.29) is 6.10 Å². The number of piperidine rings is 1. The van der Waals surface area contributed by atoms with E-state index in [4.69, 9.17) is 9.47 Å². The molecule has 3 heteroatoms. The van der Waals surface area contributed by atoms with Crippen molar-refractivity contribution in [2.75, 3.05) is 19.7 Å². The van der Waals surface area contributed by atoms with Gasteiger partial charge in [0.2, 0.25) is 0 Å². The molecule has 22 heavy (non-hydrogen) atoms. The summed E-state index contributed by atoms with van der Waals surface area (Å²) in [6, 6.07) is 16.6. The van der Waals surface area contributed by atoms with Crippen molar-refractivity contribution in [1.82, 2.24) is 5.32 Å². The standard InChI is InChI=1S/C19H21NO2/c1-2-5-15(6-3-1)18-13-21-19-16(7-4-8-17(19)22-18)14-9-11-20-12-10-14/h1-8,14,18,20H,9-13H2. The van der Waals surface area contributed by atoms with Crippen LogP contribution in [0, 0.1) is 0 Å². The quantitative estimate of drug-likeness (QED) is 0.917. The van der Waals surface area contributed by atoms with E-state index >= 15 is 0 Å². The van der Waals surface area contributed by atoms with Gasteiger partial charge < -0.3 is 14.8 Å². The molecule has 2 heterocycles. The molecular weight excluding hydrogens is 274 g/mol. The van der Waals surface area contributed by atoms with Gasteiger partial charge in [0, 0.05) is 5.56 Å². The Morgan fingerprint density at radius 3 is 2.55 bits per heavy atom. The van der Waals surface area contributed by atoms with Gasteiger partial charge in [-0.15, -0.1) is 0 Å². The van der Waals surface area contributed by atoms with Crippen LogP contribution in [0.2, 0.25) is 0 Å². The predicted octanol–water partition coefficient (Wildman–Crippen LogP) is 3.67. The van der Waals surface area contributed by atoms with Gasteiger partial charge in [-0.1, -0.05) is 42.5 Å². The highest BCUT2D eigenvalue weighted by molar-refractivity contribution is 5.50. The summed E-state index contributed by atoms with van der Waals surface area (Å²) < 4.78 is 12.3. The van der Waals surface area contributed by atoms with Crippen LogP contribution in [-0.4, -0.2) is 19.7 Å². The van der Waals surface area contributed by atoms with Crippen LogP contribution in [0.5, 0.6) is 11.5 Å². The van der Waals surface area contributed by atoms with Crippen molar-refractivity contribution in [2.45, 2.75) is 24.9 Å². The molecule has 2 aliphatic heterocycles. The Labute approximate surface area is 131 Å². The maximum atomic E-state index is 6.21. The Bertz CT molecular complexity index is 635. The molecule has 1 N–H and O–H groups in total. The van der Waals surface area contributed by atoms with Gasteiger partial charge in [-0.2, -0.15) is 0 Å². The fraction of sp³-hybridized carbons (Fsp3) is 0.368. The molecule has 0 spiro atoms. The van der Waals surface area contributed by atoms with Crippen LogP contribution >= 0.6 is 0 Å². The smallest absolute Gasteiger partial charge is 0.164 e. The molecule has 0 bridgehead atoms. The summed E-state index contributed by atoms with van der Waals surface area (Å²) in [5.41, 5.74) is 2.48. The van der Waals surface area contributed by atoms with Gasteiger partial charge in [-0.25, -0.2) is 0 Å². The summed E-state index contributed by atoms with van der Waals surface area (Å²) in [6.07, 6.45) is 2.32. The first-order valence-electron chi connectivity index (χ1n) is 8.10. The Balaban J connectivity index is 1.61. The van der Waals surface area contributed by atoms with Gasteiger partial charge >= 0.3 is 0 Å². The topological polar surface area (TPSA) is 30.5 Å². The number of hydrogen-bond acceptors (Lipinski definition) is 3. The molecule has 0 aromatic heterocycles. The van der Waals surface area contributed by atoms with Crippen LogP contribution < -0.4 is 14.8 Å². The molecule has 1 fully saturated rings. The third-order valence-corrected chi connectivity index (χ3v) is 4.61. The van der Waals surface area contributed by atoms with Gasteiger partial charge in [0.25, 0.3) is 0 Å². The zero-order valence-corrected chi connectivity index (χ0v) is 12.6. The zero-order chi connectivity index (χ0) is 14.8. The highest BCUT2D eigenvalue weighted by Gasteiger charge is 2.27. The lowest BCUT2D eigenvalue weighted by Gasteiger charge is -2.31. The molecule has 2 aromatic rings. The predicted molar refractivity (Wildman–Crippen MR) is 86.6 cm³/mol. The number of benzene rings is 2. The molecule has 4 rings (SSSR count). The molecule has 0 amide bonds. The summed E-state index contributed by atoms with van der Waals surface area (Å²) in [5, 5.41) is 3.42. The van der Waals surface area contributed by atoms with Crippen molar-refractivity contribution in [3.8, 4) is 11.5 Å². The average molecular weight is 295 g/mol. The normalized spacial score (nSPS) is 21.5. The van der Waals surface area contributed by atoms with Crippen LogP contribution in [0.15, 0.2) is 48.5 Å². The van der Waals surface area contributed by atoms with Crippen molar-refractivity contribution >= 4 is 0 Å². The largest absolute Gasteiger partial charge is 0.485 e. The minimum atomic E-state index is -0.0167. The molecular formula is C19H21NO2. The summed E-state index contributed by atoms with van der Waals surface area (Å²) in [6.45, 7) is 2.75. The Hall–Kier alpha value is -2.00. The van der Waals surface area contributed by atoms with E-state index in [0.717, 1.165) is 24.6 Å². The number of nitrogens with one attached hydrogen (secondary N) is 1. The third kappa shape index (κ3) is 2.57. The van der Waals surface area contributed by atoms with Crippen molar-refractivity contribution < 1.29 is 9.47 Å².